The lowest BCUT2D eigenvalue weighted by Gasteiger charge is -2.25. The summed E-state index contributed by atoms with van der Waals surface area (Å²) in [6.07, 6.45) is 4.80. The molecule has 0 bridgehead atoms. The lowest BCUT2D eigenvalue weighted by Crippen LogP contribution is -2.36. The fourth-order valence-corrected chi connectivity index (χ4v) is 5.67. The zero-order valence-electron chi connectivity index (χ0n) is 14.7. The van der Waals surface area contributed by atoms with Crippen LogP contribution in [0.25, 0.3) is 0 Å². The maximum atomic E-state index is 12.8. The molecule has 1 unspecified atom stereocenters. The molecule has 0 radical (unpaired) electrons. The second-order valence-corrected chi connectivity index (χ2v) is 9.52. The maximum absolute atomic E-state index is 12.8. The first-order valence-electron chi connectivity index (χ1n) is 8.78. The van der Waals surface area contributed by atoms with Crippen molar-refractivity contribution in [2.24, 2.45) is 5.92 Å². The van der Waals surface area contributed by atoms with Gasteiger partial charge < -0.3 is 4.90 Å². The summed E-state index contributed by atoms with van der Waals surface area (Å²) in [5, 5.41) is 8.92. The van der Waals surface area contributed by atoms with Gasteiger partial charge in [0, 0.05) is 32.6 Å². The minimum Gasteiger partial charge on any atom is -0.339 e. The fraction of sp³-hybridized carbons (Fsp3) is 0.556. The van der Waals surface area contributed by atoms with E-state index in [0.29, 0.717) is 24.6 Å². The summed E-state index contributed by atoms with van der Waals surface area (Å²) in [4.78, 5) is 14.2. The third kappa shape index (κ3) is 3.73. The molecule has 0 spiro atoms. The van der Waals surface area contributed by atoms with E-state index in [1.165, 1.54) is 29.6 Å². The second kappa shape index (κ2) is 7.55. The molecule has 2 aliphatic rings. The summed E-state index contributed by atoms with van der Waals surface area (Å²) in [7, 11) is -2.27. The number of carbonyl (C=O) groups excluding carboxylic acids is 1. The Labute approximate surface area is 159 Å². The van der Waals surface area contributed by atoms with E-state index in [0.717, 1.165) is 25.7 Å². The molecule has 1 aliphatic carbocycles. The minimum absolute atomic E-state index is 0.0139. The van der Waals surface area contributed by atoms with Crippen LogP contribution in [-0.2, 0) is 14.8 Å². The van der Waals surface area contributed by atoms with E-state index in [9.17, 15) is 13.2 Å². The van der Waals surface area contributed by atoms with Crippen LogP contribution in [0.4, 0.5) is 0 Å². The molecule has 26 heavy (non-hydrogen) atoms. The molecule has 1 saturated heterocycles. The van der Waals surface area contributed by atoms with Gasteiger partial charge in [-0.1, -0.05) is 24.4 Å². The summed E-state index contributed by atoms with van der Waals surface area (Å²) < 4.78 is 26.9. The molecule has 1 aliphatic heterocycles. The second-order valence-electron chi connectivity index (χ2n) is 7.10. The lowest BCUT2D eigenvalue weighted by molar-refractivity contribution is -0.129. The largest absolute Gasteiger partial charge is 0.339 e. The van der Waals surface area contributed by atoms with Crippen molar-refractivity contribution in [3.8, 4) is 6.07 Å². The number of rotatable bonds is 5. The van der Waals surface area contributed by atoms with Crippen LogP contribution in [0.1, 0.15) is 37.7 Å². The van der Waals surface area contributed by atoms with E-state index >= 15 is 0 Å². The molecule has 1 aromatic rings. The number of sulfonamides is 1. The first kappa shape index (κ1) is 19.2. The Morgan fingerprint density at radius 3 is 2.65 bits per heavy atom. The third-order valence-electron chi connectivity index (χ3n) is 5.27. The number of nitrogens with zero attached hydrogens (tertiary/aromatic N) is 3. The summed E-state index contributed by atoms with van der Waals surface area (Å²) in [6, 6.07) is 6.40. The van der Waals surface area contributed by atoms with Crippen LogP contribution in [0.2, 0.25) is 5.02 Å². The Hall–Kier alpha value is -1.62. The van der Waals surface area contributed by atoms with Crippen LogP contribution in [0.15, 0.2) is 23.1 Å². The van der Waals surface area contributed by atoms with Crippen molar-refractivity contribution in [1.82, 2.24) is 9.21 Å². The molecule has 0 aromatic heterocycles. The van der Waals surface area contributed by atoms with Gasteiger partial charge in [0.05, 0.1) is 16.7 Å². The molecule has 0 N–H and O–H groups in total. The van der Waals surface area contributed by atoms with Gasteiger partial charge in [-0.25, -0.2) is 12.7 Å². The van der Waals surface area contributed by atoms with Gasteiger partial charge in [-0.15, -0.1) is 0 Å². The van der Waals surface area contributed by atoms with E-state index in [4.69, 9.17) is 16.9 Å². The summed E-state index contributed by atoms with van der Waals surface area (Å²) in [5.41, 5.74) is 0.310. The normalized spacial score (nSPS) is 21.5. The van der Waals surface area contributed by atoms with Crippen molar-refractivity contribution >= 4 is 27.5 Å². The predicted molar refractivity (Wildman–Crippen MR) is 98.1 cm³/mol. The number of benzene rings is 1. The van der Waals surface area contributed by atoms with Crippen molar-refractivity contribution in [2.45, 2.75) is 43.0 Å². The number of amides is 1. The van der Waals surface area contributed by atoms with Gasteiger partial charge >= 0.3 is 0 Å². The summed E-state index contributed by atoms with van der Waals surface area (Å²) in [6.45, 7) is 0.887. The topological polar surface area (TPSA) is 81.5 Å². The fourth-order valence-electron chi connectivity index (χ4n) is 3.91. The van der Waals surface area contributed by atoms with Crippen molar-refractivity contribution < 1.29 is 13.2 Å². The van der Waals surface area contributed by atoms with E-state index in [-0.39, 0.29) is 28.3 Å². The number of halogens is 1. The Morgan fingerprint density at radius 2 is 2.04 bits per heavy atom. The van der Waals surface area contributed by atoms with Crippen LogP contribution in [0.3, 0.4) is 0 Å². The maximum Gasteiger partial charge on any atom is 0.244 e. The zero-order chi connectivity index (χ0) is 18.9. The highest BCUT2D eigenvalue weighted by molar-refractivity contribution is 7.89. The highest BCUT2D eigenvalue weighted by atomic mass is 35.5. The average molecular weight is 396 g/mol. The number of hydrogen-bond acceptors (Lipinski definition) is 4. The van der Waals surface area contributed by atoms with Crippen LogP contribution >= 0.6 is 11.6 Å². The molecule has 1 heterocycles. The predicted octanol–water partition coefficient (Wildman–Crippen LogP) is 2.62. The molecule has 2 fully saturated rings. The molecular formula is C18H22ClN3O3S. The minimum atomic E-state index is -3.77. The summed E-state index contributed by atoms with van der Waals surface area (Å²) >= 11 is 6.07. The molecule has 3 rings (SSSR count). The first-order chi connectivity index (χ1) is 12.3. The molecule has 1 amide bonds. The Kier molecular flexibility index (Phi) is 5.56. The zero-order valence-corrected chi connectivity index (χ0v) is 16.3. The van der Waals surface area contributed by atoms with Gasteiger partial charge in [0.2, 0.25) is 15.9 Å². The van der Waals surface area contributed by atoms with Gasteiger partial charge in [-0.05, 0) is 37.0 Å². The highest BCUT2D eigenvalue weighted by Crippen LogP contribution is 2.31. The highest BCUT2D eigenvalue weighted by Gasteiger charge is 2.37. The van der Waals surface area contributed by atoms with Crippen molar-refractivity contribution in [3.05, 3.63) is 28.8 Å². The average Bonchev–Trinajstić information content (AvgIpc) is 3.23. The quantitative estimate of drug-likeness (QED) is 0.767. The van der Waals surface area contributed by atoms with E-state index in [1.54, 1.807) is 0 Å². The molecule has 8 heteroatoms. The Bertz CT molecular complexity index is 844. The van der Waals surface area contributed by atoms with Gasteiger partial charge in [0.1, 0.15) is 4.90 Å². The molecular weight excluding hydrogens is 374 g/mol. The van der Waals surface area contributed by atoms with Crippen LogP contribution in [-0.4, -0.2) is 49.7 Å². The van der Waals surface area contributed by atoms with Crippen molar-refractivity contribution in [3.63, 3.8) is 0 Å². The number of likely N-dealkylation sites (tertiary alicyclic amines) is 1. The lowest BCUT2D eigenvalue weighted by atomic mass is 10.1. The first-order valence-corrected chi connectivity index (χ1v) is 10.6. The number of carbonyl (C=O) groups is 1. The molecule has 1 aromatic carbocycles. The monoisotopic (exact) mass is 395 g/mol. The van der Waals surface area contributed by atoms with E-state index in [1.807, 2.05) is 11.0 Å². The van der Waals surface area contributed by atoms with Crippen LogP contribution in [0, 0.1) is 17.2 Å². The Balaban J connectivity index is 1.70. The number of nitriles is 1. The molecule has 1 atom stereocenters. The molecule has 140 valence electrons. The SMILES string of the molecule is CN(CC1CC(=O)N(C2CCCC2)C1)S(=O)(=O)c1ccc(C#N)cc1Cl. The van der Waals surface area contributed by atoms with E-state index in [2.05, 4.69) is 0 Å². The van der Waals surface area contributed by atoms with Crippen LogP contribution in [0.5, 0.6) is 0 Å². The smallest absolute Gasteiger partial charge is 0.244 e. The van der Waals surface area contributed by atoms with Gasteiger partial charge in [-0.2, -0.15) is 5.26 Å². The molecule has 1 saturated carbocycles. The van der Waals surface area contributed by atoms with E-state index < -0.39 is 10.0 Å². The van der Waals surface area contributed by atoms with Gasteiger partial charge in [0.15, 0.2) is 0 Å². The standard InChI is InChI=1S/C18H22ClN3O3S/c1-21(26(24,25)17-7-6-13(10-20)8-16(17)19)11-14-9-18(23)22(12-14)15-4-2-3-5-15/h6-8,14-15H,2-5,9,11-12H2,1H3. The van der Waals surface area contributed by atoms with Gasteiger partial charge in [0.25, 0.3) is 0 Å². The van der Waals surface area contributed by atoms with Crippen LogP contribution < -0.4 is 0 Å². The third-order valence-corrected chi connectivity index (χ3v) is 7.57. The van der Waals surface area contributed by atoms with Crippen molar-refractivity contribution in [2.75, 3.05) is 20.1 Å². The molecule has 6 nitrogen and oxygen atoms in total. The van der Waals surface area contributed by atoms with Crippen molar-refractivity contribution in [1.29, 1.82) is 5.26 Å². The number of hydrogen-bond donors (Lipinski definition) is 0. The summed E-state index contributed by atoms with van der Waals surface area (Å²) in [5.74, 6) is 0.115. The Morgan fingerprint density at radius 1 is 1.35 bits per heavy atom. The van der Waals surface area contributed by atoms with Gasteiger partial charge in [-0.3, -0.25) is 4.79 Å².